The highest BCUT2D eigenvalue weighted by Gasteiger charge is 2.24. The van der Waals surface area contributed by atoms with Gasteiger partial charge in [-0.1, -0.05) is 24.3 Å². The van der Waals surface area contributed by atoms with E-state index in [4.69, 9.17) is 0 Å². The molecule has 0 amide bonds. The molecule has 208 valence electrons. The monoisotopic (exact) mass is 571 g/mol. The van der Waals surface area contributed by atoms with Gasteiger partial charge >= 0.3 is 0 Å². The summed E-state index contributed by atoms with van der Waals surface area (Å²) < 4.78 is 0.794. The van der Waals surface area contributed by atoms with Crippen LogP contribution >= 0.6 is 0 Å². The Morgan fingerprint density at radius 3 is 2.30 bits per heavy atom. The summed E-state index contributed by atoms with van der Waals surface area (Å²) in [5.41, 5.74) is -0.0604. The maximum atomic E-state index is 13.8. The van der Waals surface area contributed by atoms with Gasteiger partial charge in [-0.2, -0.15) is 20.3 Å². The summed E-state index contributed by atoms with van der Waals surface area (Å²) in [5, 5.41) is 47.1. The van der Waals surface area contributed by atoms with Crippen LogP contribution in [0, 0.1) is 42.9 Å². The Morgan fingerprint density at radius 2 is 1.65 bits per heavy atom. The zero-order chi connectivity index (χ0) is 30.7. The zero-order valence-corrected chi connectivity index (χ0v) is 22.1. The van der Waals surface area contributed by atoms with Crippen LogP contribution in [0.1, 0.15) is 29.4 Å². The summed E-state index contributed by atoms with van der Waals surface area (Å²) in [6, 6.07) is 21.5. The molecule has 0 radical (unpaired) electrons. The number of nitrogens with one attached hydrogen (secondary N) is 1. The second-order valence-corrected chi connectivity index (χ2v) is 8.99. The molecule has 0 aliphatic heterocycles. The molecule has 0 bridgehead atoms. The zero-order valence-electron chi connectivity index (χ0n) is 22.1. The lowest BCUT2D eigenvalue weighted by molar-refractivity contribution is -0.385. The van der Waals surface area contributed by atoms with Crippen LogP contribution in [-0.4, -0.2) is 36.4 Å². The van der Waals surface area contributed by atoms with Crippen molar-refractivity contribution >= 4 is 40.2 Å². The quantitative estimate of drug-likeness (QED) is 0.160. The highest BCUT2D eigenvalue weighted by atomic mass is 16.6. The molecule has 5 aromatic rings. The number of non-ortho nitro benzene ring substituents is 2. The minimum Gasteiger partial charge on any atom is -0.337 e. The fourth-order valence-corrected chi connectivity index (χ4v) is 4.29. The SMILES string of the molecule is C/C(=N\n1c(/N=C/c2cccc([N+](=O)[O-])c2)c(C#N)c(-c2ccc([N+](=O)[O-])cc2)c(C#N)c1=O)c1nc2ccccc2[nH]1. The molecule has 0 saturated carbocycles. The van der Waals surface area contributed by atoms with Gasteiger partial charge in [0.15, 0.2) is 11.6 Å². The third-order valence-electron chi connectivity index (χ3n) is 6.32. The largest absolute Gasteiger partial charge is 0.337 e. The Labute approximate surface area is 241 Å². The number of imidazole rings is 1. The van der Waals surface area contributed by atoms with Gasteiger partial charge in [0.2, 0.25) is 0 Å². The van der Waals surface area contributed by atoms with Gasteiger partial charge in [0.05, 0.1) is 20.9 Å². The van der Waals surface area contributed by atoms with Gasteiger partial charge < -0.3 is 4.98 Å². The molecule has 5 rings (SSSR count). The van der Waals surface area contributed by atoms with Gasteiger partial charge in [0, 0.05) is 36.0 Å². The Balaban J connectivity index is 1.78. The number of hydrogen-bond donors (Lipinski definition) is 1. The van der Waals surface area contributed by atoms with Crippen LogP contribution in [0.5, 0.6) is 0 Å². The first kappa shape index (κ1) is 27.8. The summed E-state index contributed by atoms with van der Waals surface area (Å²) in [5.74, 6) is 0.0417. The second-order valence-electron chi connectivity index (χ2n) is 8.99. The number of nitriles is 2. The highest BCUT2D eigenvalue weighted by Crippen LogP contribution is 2.33. The normalized spacial score (nSPS) is 11.4. The lowest BCUT2D eigenvalue weighted by Gasteiger charge is -2.13. The van der Waals surface area contributed by atoms with Crippen molar-refractivity contribution in [2.24, 2.45) is 10.1 Å². The second kappa shape index (κ2) is 11.4. The molecule has 3 aromatic carbocycles. The molecular formula is C29H17N9O5. The van der Waals surface area contributed by atoms with Crippen LogP contribution < -0.4 is 5.56 Å². The number of pyridine rings is 1. The van der Waals surface area contributed by atoms with Gasteiger partial charge in [0.25, 0.3) is 16.9 Å². The molecule has 0 atom stereocenters. The molecule has 2 aromatic heterocycles. The number of benzene rings is 3. The van der Waals surface area contributed by atoms with Crippen LogP contribution in [0.4, 0.5) is 17.2 Å². The van der Waals surface area contributed by atoms with Crippen LogP contribution in [0.2, 0.25) is 0 Å². The fourth-order valence-electron chi connectivity index (χ4n) is 4.29. The molecule has 0 fully saturated rings. The number of aliphatic imine (C=N–C) groups is 1. The van der Waals surface area contributed by atoms with E-state index in [9.17, 15) is 35.5 Å². The van der Waals surface area contributed by atoms with E-state index in [2.05, 4.69) is 20.1 Å². The topological polar surface area (TPSA) is 209 Å². The van der Waals surface area contributed by atoms with E-state index < -0.39 is 21.0 Å². The van der Waals surface area contributed by atoms with Crippen molar-refractivity contribution in [3.05, 3.63) is 126 Å². The summed E-state index contributed by atoms with van der Waals surface area (Å²) in [4.78, 5) is 46.9. The fraction of sp³-hybridized carbons (Fsp3) is 0.0345. The van der Waals surface area contributed by atoms with E-state index in [0.29, 0.717) is 16.9 Å². The molecule has 2 heterocycles. The molecule has 14 nitrogen and oxygen atoms in total. The maximum absolute atomic E-state index is 13.8. The Morgan fingerprint density at radius 1 is 0.953 bits per heavy atom. The Bertz CT molecular complexity index is 2110. The van der Waals surface area contributed by atoms with E-state index >= 15 is 0 Å². The lowest BCUT2D eigenvalue weighted by Crippen LogP contribution is -2.23. The number of nitro groups is 2. The number of aromatic amines is 1. The van der Waals surface area contributed by atoms with Crippen molar-refractivity contribution in [1.29, 1.82) is 10.5 Å². The van der Waals surface area contributed by atoms with Gasteiger partial charge in [-0.05, 0) is 42.3 Å². The van der Waals surface area contributed by atoms with Crippen molar-refractivity contribution in [1.82, 2.24) is 14.6 Å². The predicted octanol–water partition coefficient (Wildman–Crippen LogP) is 4.97. The molecule has 0 saturated heterocycles. The highest BCUT2D eigenvalue weighted by molar-refractivity contribution is 5.98. The number of hydrogen-bond acceptors (Lipinski definition) is 10. The van der Waals surface area contributed by atoms with Gasteiger partial charge in [0.1, 0.15) is 29.0 Å². The van der Waals surface area contributed by atoms with Crippen LogP contribution in [-0.2, 0) is 0 Å². The molecule has 0 aliphatic carbocycles. The standard InChI is InChI=1S/C29H17N9O5/c1-17(27-33-24-7-2-3-8-25(24)34-27)35-36-28(32-16-18-5-4-6-21(13-18)38(42)43)22(14-30)26(23(15-31)29(36)39)19-9-11-20(12-10-19)37(40)41/h2-13,16H,1H3,(H,33,34)/b32-16+,35-17+. The van der Waals surface area contributed by atoms with Gasteiger partial charge in [-0.25, -0.2) is 9.98 Å². The summed E-state index contributed by atoms with van der Waals surface area (Å²) in [7, 11) is 0. The molecule has 0 aliphatic rings. The van der Waals surface area contributed by atoms with Crippen molar-refractivity contribution < 1.29 is 9.85 Å². The third-order valence-corrected chi connectivity index (χ3v) is 6.32. The molecule has 0 spiro atoms. The number of H-pyrrole nitrogens is 1. The van der Waals surface area contributed by atoms with Crippen LogP contribution in [0.15, 0.2) is 87.7 Å². The van der Waals surface area contributed by atoms with Crippen molar-refractivity contribution in [3.8, 4) is 23.3 Å². The van der Waals surface area contributed by atoms with Crippen LogP contribution in [0.3, 0.4) is 0 Å². The van der Waals surface area contributed by atoms with E-state index in [-0.39, 0.29) is 45.2 Å². The minimum absolute atomic E-state index is 0.0936. The Kier molecular flexibility index (Phi) is 7.33. The number of fused-ring (bicyclic) bond motifs is 1. The summed E-state index contributed by atoms with van der Waals surface area (Å²) in [6.45, 7) is 1.57. The molecule has 14 heteroatoms. The first-order valence-corrected chi connectivity index (χ1v) is 12.4. The van der Waals surface area contributed by atoms with Gasteiger partial charge in [-0.3, -0.25) is 25.0 Å². The van der Waals surface area contributed by atoms with E-state index in [1.807, 2.05) is 18.2 Å². The molecule has 0 unspecified atom stereocenters. The first-order chi connectivity index (χ1) is 20.7. The van der Waals surface area contributed by atoms with Gasteiger partial charge in [-0.15, -0.1) is 0 Å². The first-order valence-electron chi connectivity index (χ1n) is 12.4. The average Bonchev–Trinajstić information content (AvgIpc) is 3.46. The van der Waals surface area contributed by atoms with Crippen molar-refractivity contribution in [2.75, 3.05) is 0 Å². The van der Waals surface area contributed by atoms with E-state index in [1.54, 1.807) is 25.1 Å². The van der Waals surface area contributed by atoms with E-state index in [1.165, 1.54) is 54.7 Å². The van der Waals surface area contributed by atoms with Crippen LogP contribution in [0.25, 0.3) is 22.2 Å². The Hall–Kier alpha value is -6.80. The van der Waals surface area contributed by atoms with Crippen molar-refractivity contribution in [2.45, 2.75) is 6.92 Å². The smallest absolute Gasteiger partial charge is 0.291 e. The number of nitrogens with zero attached hydrogens (tertiary/aromatic N) is 8. The number of para-hydroxylation sites is 2. The number of aromatic nitrogens is 3. The number of nitro benzene ring substituents is 2. The number of rotatable bonds is 7. The molecular weight excluding hydrogens is 554 g/mol. The maximum Gasteiger partial charge on any atom is 0.291 e. The molecule has 43 heavy (non-hydrogen) atoms. The van der Waals surface area contributed by atoms with E-state index in [0.717, 1.165) is 4.68 Å². The van der Waals surface area contributed by atoms with Crippen molar-refractivity contribution in [3.63, 3.8) is 0 Å². The molecule has 1 N–H and O–H groups in total. The summed E-state index contributed by atoms with van der Waals surface area (Å²) >= 11 is 0. The lowest BCUT2D eigenvalue weighted by atomic mass is 9.96. The minimum atomic E-state index is -0.920. The average molecular weight is 572 g/mol. The summed E-state index contributed by atoms with van der Waals surface area (Å²) in [6.07, 6.45) is 1.22. The third kappa shape index (κ3) is 5.34. The predicted molar refractivity (Wildman–Crippen MR) is 156 cm³/mol.